The lowest BCUT2D eigenvalue weighted by molar-refractivity contribution is -0.137. The molecule has 98 valence electrons. The van der Waals surface area contributed by atoms with E-state index < -0.39 is 5.97 Å². The molecule has 0 aromatic heterocycles. The molecule has 1 heterocycles. The SMILES string of the molecule is CN1CC[C@](C)(CNC(=O)CCCC(=O)O)C1. The topological polar surface area (TPSA) is 69.6 Å². The molecule has 0 aromatic carbocycles. The second-order valence-electron chi connectivity index (χ2n) is 5.32. The van der Waals surface area contributed by atoms with Crippen molar-refractivity contribution in [1.29, 1.82) is 0 Å². The van der Waals surface area contributed by atoms with Gasteiger partial charge in [-0.3, -0.25) is 9.59 Å². The summed E-state index contributed by atoms with van der Waals surface area (Å²) in [7, 11) is 2.08. The predicted octanol–water partition coefficient (Wildman–Crippen LogP) is 0.699. The van der Waals surface area contributed by atoms with Crippen molar-refractivity contribution in [3.05, 3.63) is 0 Å². The lowest BCUT2D eigenvalue weighted by atomic mass is 9.90. The highest BCUT2D eigenvalue weighted by molar-refractivity contribution is 5.76. The molecule has 0 unspecified atom stereocenters. The summed E-state index contributed by atoms with van der Waals surface area (Å²) in [5, 5.41) is 11.4. The number of rotatable bonds is 6. The van der Waals surface area contributed by atoms with Gasteiger partial charge in [-0.1, -0.05) is 6.92 Å². The number of likely N-dealkylation sites (tertiary alicyclic amines) is 1. The van der Waals surface area contributed by atoms with E-state index >= 15 is 0 Å². The molecule has 1 aliphatic heterocycles. The van der Waals surface area contributed by atoms with Crippen molar-refractivity contribution in [2.24, 2.45) is 5.41 Å². The fourth-order valence-corrected chi connectivity index (χ4v) is 2.22. The molecular formula is C12H22N2O3. The second-order valence-corrected chi connectivity index (χ2v) is 5.32. The highest BCUT2D eigenvalue weighted by atomic mass is 16.4. The fourth-order valence-electron chi connectivity index (χ4n) is 2.22. The molecule has 5 nitrogen and oxygen atoms in total. The molecule has 17 heavy (non-hydrogen) atoms. The molecule has 0 aliphatic carbocycles. The van der Waals surface area contributed by atoms with Crippen molar-refractivity contribution in [2.45, 2.75) is 32.6 Å². The number of carbonyl (C=O) groups is 2. The number of carboxylic acid groups (broad SMARTS) is 1. The average molecular weight is 242 g/mol. The summed E-state index contributed by atoms with van der Waals surface area (Å²) in [6.45, 7) is 4.94. The van der Waals surface area contributed by atoms with E-state index in [4.69, 9.17) is 5.11 Å². The number of aliphatic carboxylic acids is 1. The Kier molecular flexibility index (Phi) is 4.93. The Morgan fingerprint density at radius 3 is 2.65 bits per heavy atom. The van der Waals surface area contributed by atoms with Crippen molar-refractivity contribution in [1.82, 2.24) is 10.2 Å². The Morgan fingerprint density at radius 1 is 1.41 bits per heavy atom. The van der Waals surface area contributed by atoms with Crippen LogP contribution < -0.4 is 5.32 Å². The first-order valence-corrected chi connectivity index (χ1v) is 6.08. The molecule has 1 amide bonds. The van der Waals surface area contributed by atoms with Gasteiger partial charge in [0.25, 0.3) is 0 Å². The summed E-state index contributed by atoms with van der Waals surface area (Å²) in [4.78, 5) is 24.0. The third kappa shape index (κ3) is 5.17. The summed E-state index contributed by atoms with van der Waals surface area (Å²) in [6.07, 6.45) is 1.88. The zero-order chi connectivity index (χ0) is 12.9. The van der Waals surface area contributed by atoms with Crippen LogP contribution in [0.4, 0.5) is 0 Å². The zero-order valence-electron chi connectivity index (χ0n) is 10.7. The van der Waals surface area contributed by atoms with Crippen LogP contribution in [0.25, 0.3) is 0 Å². The van der Waals surface area contributed by atoms with Crippen LogP contribution in [0.5, 0.6) is 0 Å². The first-order chi connectivity index (χ1) is 7.91. The summed E-state index contributed by atoms with van der Waals surface area (Å²) in [5.41, 5.74) is 0.164. The molecule has 0 radical (unpaired) electrons. The van der Waals surface area contributed by atoms with E-state index in [1.807, 2.05) is 0 Å². The van der Waals surface area contributed by atoms with Crippen LogP contribution in [0.2, 0.25) is 0 Å². The molecule has 0 aromatic rings. The molecule has 5 heteroatoms. The Hall–Kier alpha value is -1.10. The molecular weight excluding hydrogens is 220 g/mol. The minimum Gasteiger partial charge on any atom is -0.481 e. The average Bonchev–Trinajstić information content (AvgIpc) is 2.56. The highest BCUT2D eigenvalue weighted by Crippen LogP contribution is 2.27. The van der Waals surface area contributed by atoms with Crippen LogP contribution in [-0.4, -0.2) is 48.6 Å². The number of amides is 1. The smallest absolute Gasteiger partial charge is 0.303 e. The first-order valence-electron chi connectivity index (χ1n) is 6.08. The van der Waals surface area contributed by atoms with E-state index in [0.717, 1.165) is 19.5 Å². The van der Waals surface area contributed by atoms with Crippen LogP contribution in [0, 0.1) is 5.41 Å². The monoisotopic (exact) mass is 242 g/mol. The van der Waals surface area contributed by atoms with Crippen molar-refractivity contribution >= 4 is 11.9 Å². The zero-order valence-corrected chi connectivity index (χ0v) is 10.7. The lowest BCUT2D eigenvalue weighted by Crippen LogP contribution is -2.37. The van der Waals surface area contributed by atoms with E-state index in [9.17, 15) is 9.59 Å². The van der Waals surface area contributed by atoms with E-state index in [-0.39, 0.29) is 17.7 Å². The fraction of sp³-hybridized carbons (Fsp3) is 0.833. The number of hydrogen-bond acceptors (Lipinski definition) is 3. The van der Waals surface area contributed by atoms with Gasteiger partial charge >= 0.3 is 5.97 Å². The van der Waals surface area contributed by atoms with Gasteiger partial charge in [0.15, 0.2) is 0 Å². The molecule has 1 rings (SSSR count). The van der Waals surface area contributed by atoms with Gasteiger partial charge < -0.3 is 15.3 Å². The van der Waals surface area contributed by atoms with Gasteiger partial charge in [-0.05, 0) is 31.8 Å². The summed E-state index contributed by atoms with van der Waals surface area (Å²) >= 11 is 0. The van der Waals surface area contributed by atoms with Gasteiger partial charge in [0, 0.05) is 25.9 Å². The van der Waals surface area contributed by atoms with Crippen LogP contribution in [-0.2, 0) is 9.59 Å². The molecule has 1 atom stereocenters. The standard InChI is InChI=1S/C12H22N2O3/c1-12(6-7-14(2)9-12)8-13-10(15)4-3-5-11(16)17/h3-9H2,1-2H3,(H,13,15)(H,16,17)/t12-/m1/s1. The number of carbonyl (C=O) groups excluding carboxylic acids is 1. The van der Waals surface area contributed by atoms with Gasteiger partial charge in [-0.25, -0.2) is 0 Å². The largest absolute Gasteiger partial charge is 0.481 e. The van der Waals surface area contributed by atoms with Crippen LogP contribution in [0.15, 0.2) is 0 Å². The highest BCUT2D eigenvalue weighted by Gasteiger charge is 2.31. The van der Waals surface area contributed by atoms with Crippen molar-refractivity contribution < 1.29 is 14.7 Å². The molecule has 0 saturated carbocycles. The van der Waals surface area contributed by atoms with Gasteiger partial charge in [0.2, 0.25) is 5.91 Å². The maximum atomic E-state index is 11.5. The maximum absolute atomic E-state index is 11.5. The van der Waals surface area contributed by atoms with Crippen molar-refractivity contribution in [3.8, 4) is 0 Å². The molecule has 1 saturated heterocycles. The van der Waals surface area contributed by atoms with Gasteiger partial charge in [-0.15, -0.1) is 0 Å². The van der Waals surface area contributed by atoms with E-state index in [2.05, 4.69) is 24.2 Å². The van der Waals surface area contributed by atoms with E-state index in [0.29, 0.717) is 19.4 Å². The van der Waals surface area contributed by atoms with E-state index in [1.165, 1.54) is 0 Å². The third-order valence-electron chi connectivity index (χ3n) is 3.26. The maximum Gasteiger partial charge on any atom is 0.303 e. The Labute approximate surface area is 102 Å². The van der Waals surface area contributed by atoms with Crippen LogP contribution in [0.3, 0.4) is 0 Å². The quantitative estimate of drug-likeness (QED) is 0.719. The van der Waals surface area contributed by atoms with Crippen LogP contribution in [0.1, 0.15) is 32.6 Å². The second kappa shape index (κ2) is 6.00. The van der Waals surface area contributed by atoms with E-state index in [1.54, 1.807) is 0 Å². The molecule has 0 bridgehead atoms. The Morgan fingerprint density at radius 2 is 2.12 bits per heavy atom. The van der Waals surface area contributed by atoms with Gasteiger partial charge in [0.05, 0.1) is 0 Å². The molecule has 1 aliphatic rings. The number of nitrogens with zero attached hydrogens (tertiary/aromatic N) is 1. The van der Waals surface area contributed by atoms with Crippen molar-refractivity contribution in [3.63, 3.8) is 0 Å². The number of hydrogen-bond donors (Lipinski definition) is 2. The summed E-state index contributed by atoms with van der Waals surface area (Å²) < 4.78 is 0. The third-order valence-corrected chi connectivity index (χ3v) is 3.26. The summed E-state index contributed by atoms with van der Waals surface area (Å²) in [5.74, 6) is -0.885. The summed E-state index contributed by atoms with van der Waals surface area (Å²) in [6, 6.07) is 0. The number of nitrogens with one attached hydrogen (secondary N) is 1. The molecule has 2 N–H and O–H groups in total. The Bertz CT molecular complexity index is 293. The van der Waals surface area contributed by atoms with Gasteiger partial charge in [-0.2, -0.15) is 0 Å². The van der Waals surface area contributed by atoms with Crippen LogP contribution >= 0.6 is 0 Å². The lowest BCUT2D eigenvalue weighted by Gasteiger charge is -2.24. The minimum absolute atomic E-state index is 0.0398. The molecule has 1 fully saturated rings. The minimum atomic E-state index is -0.845. The number of carboxylic acids is 1. The normalized spacial score (nSPS) is 24.8. The molecule has 0 spiro atoms. The first kappa shape index (κ1) is 14.0. The van der Waals surface area contributed by atoms with Gasteiger partial charge in [0.1, 0.15) is 0 Å². The van der Waals surface area contributed by atoms with Crippen molar-refractivity contribution in [2.75, 3.05) is 26.7 Å². The predicted molar refractivity (Wildman–Crippen MR) is 64.7 cm³/mol. The Balaban J connectivity index is 2.17.